The maximum absolute atomic E-state index is 13.9. The first-order chi connectivity index (χ1) is 12.4. The van der Waals surface area contributed by atoms with Crippen LogP contribution in [0.2, 0.25) is 0 Å². The smallest absolute Gasteiger partial charge is 0.396 e. The highest BCUT2D eigenvalue weighted by Gasteiger charge is 2.44. The Balaban J connectivity index is 2.21. The van der Waals surface area contributed by atoms with E-state index >= 15 is 0 Å². The van der Waals surface area contributed by atoms with Crippen molar-refractivity contribution in [1.82, 2.24) is 4.98 Å². The van der Waals surface area contributed by atoms with Gasteiger partial charge in [0.25, 0.3) is 0 Å². The van der Waals surface area contributed by atoms with Gasteiger partial charge in [-0.2, -0.15) is 13.2 Å². The summed E-state index contributed by atoms with van der Waals surface area (Å²) in [7, 11) is 0. The van der Waals surface area contributed by atoms with Crippen molar-refractivity contribution in [2.45, 2.75) is 25.4 Å². The van der Waals surface area contributed by atoms with Gasteiger partial charge in [-0.05, 0) is 24.1 Å². The van der Waals surface area contributed by atoms with Gasteiger partial charge in [0.05, 0.1) is 24.6 Å². The third kappa shape index (κ3) is 3.59. The number of aromatic nitrogens is 1. The molecule has 2 aromatic carbocycles. The summed E-state index contributed by atoms with van der Waals surface area (Å²) in [6.07, 6.45) is -5.33. The van der Waals surface area contributed by atoms with Crippen LogP contribution in [0.15, 0.2) is 54.6 Å². The molecule has 0 bridgehead atoms. The molecule has 6 heteroatoms. The van der Waals surface area contributed by atoms with E-state index in [0.717, 1.165) is 0 Å². The summed E-state index contributed by atoms with van der Waals surface area (Å²) >= 11 is 0. The second-order valence-corrected chi connectivity index (χ2v) is 5.93. The molecule has 1 aromatic heterocycles. The maximum Gasteiger partial charge on any atom is 0.396 e. The number of ether oxygens (including phenoxy) is 1. The van der Waals surface area contributed by atoms with Gasteiger partial charge < -0.3 is 9.72 Å². The van der Waals surface area contributed by atoms with Crippen LogP contribution in [0.1, 0.15) is 24.8 Å². The number of benzene rings is 2. The normalized spacial score (nSPS) is 12.9. The highest BCUT2D eigenvalue weighted by molar-refractivity contribution is 5.92. The van der Waals surface area contributed by atoms with E-state index in [4.69, 9.17) is 4.74 Å². The van der Waals surface area contributed by atoms with Crippen LogP contribution >= 0.6 is 0 Å². The van der Waals surface area contributed by atoms with Crippen molar-refractivity contribution < 1.29 is 22.7 Å². The molecular weight excluding hydrogens is 343 g/mol. The quantitative estimate of drug-likeness (QED) is 0.616. The minimum absolute atomic E-state index is 0.0445. The number of carbonyl (C=O) groups excluding carboxylic acids is 1. The van der Waals surface area contributed by atoms with Gasteiger partial charge in [-0.1, -0.05) is 48.5 Å². The molecule has 0 amide bonds. The fraction of sp³-hybridized carbons (Fsp3) is 0.250. The Hall–Kier alpha value is -2.76. The first-order valence-electron chi connectivity index (χ1n) is 8.30. The van der Waals surface area contributed by atoms with Crippen LogP contribution in [-0.4, -0.2) is 23.7 Å². The Labute approximate surface area is 148 Å². The standard InChI is InChI=1S/C20H18F3NO2/c1-2-26-17(25)12-15(20(21,22)23)18-14-10-6-7-11-16(14)24-19(18)13-8-4-3-5-9-13/h3-11,15,24H,2,12H2,1H3. The van der Waals surface area contributed by atoms with Crippen LogP contribution in [0.25, 0.3) is 22.2 Å². The third-order valence-electron chi connectivity index (χ3n) is 4.23. The predicted octanol–water partition coefficient (Wildman–Crippen LogP) is 5.43. The second kappa shape index (κ2) is 7.23. The zero-order chi connectivity index (χ0) is 18.7. The van der Waals surface area contributed by atoms with Crippen molar-refractivity contribution in [2.75, 3.05) is 6.61 Å². The topological polar surface area (TPSA) is 42.1 Å². The number of esters is 1. The number of aromatic amines is 1. The highest BCUT2D eigenvalue weighted by atomic mass is 19.4. The van der Waals surface area contributed by atoms with E-state index < -0.39 is 24.5 Å². The Morgan fingerprint density at radius 1 is 1.08 bits per heavy atom. The molecular formula is C20H18F3NO2. The van der Waals surface area contributed by atoms with Crippen molar-refractivity contribution in [1.29, 1.82) is 0 Å². The van der Waals surface area contributed by atoms with E-state index in [9.17, 15) is 18.0 Å². The lowest BCUT2D eigenvalue weighted by Gasteiger charge is -2.21. The Bertz CT molecular complexity index is 900. The average molecular weight is 361 g/mol. The molecule has 0 aliphatic carbocycles. The van der Waals surface area contributed by atoms with Crippen molar-refractivity contribution in [3.05, 3.63) is 60.2 Å². The van der Waals surface area contributed by atoms with Gasteiger partial charge in [0, 0.05) is 10.9 Å². The van der Waals surface area contributed by atoms with Gasteiger partial charge in [-0.15, -0.1) is 0 Å². The van der Waals surface area contributed by atoms with E-state index in [-0.39, 0.29) is 12.2 Å². The molecule has 0 saturated carbocycles. The monoisotopic (exact) mass is 361 g/mol. The molecule has 0 spiro atoms. The number of hydrogen-bond donors (Lipinski definition) is 1. The lowest BCUT2D eigenvalue weighted by molar-refractivity contribution is -0.165. The van der Waals surface area contributed by atoms with E-state index in [0.29, 0.717) is 22.2 Å². The first kappa shape index (κ1) is 18.0. The summed E-state index contributed by atoms with van der Waals surface area (Å²) in [6.45, 7) is 1.62. The molecule has 26 heavy (non-hydrogen) atoms. The highest BCUT2D eigenvalue weighted by Crippen LogP contribution is 2.45. The third-order valence-corrected chi connectivity index (χ3v) is 4.23. The number of halogens is 3. The number of para-hydroxylation sites is 1. The molecule has 3 rings (SSSR count). The molecule has 136 valence electrons. The molecule has 0 saturated heterocycles. The number of H-pyrrole nitrogens is 1. The second-order valence-electron chi connectivity index (χ2n) is 5.93. The first-order valence-corrected chi connectivity index (χ1v) is 8.30. The molecule has 0 fully saturated rings. The molecule has 1 unspecified atom stereocenters. The molecule has 3 nitrogen and oxygen atoms in total. The van der Waals surface area contributed by atoms with Gasteiger partial charge in [0.2, 0.25) is 0 Å². The van der Waals surface area contributed by atoms with Crippen LogP contribution in [0.4, 0.5) is 13.2 Å². The SMILES string of the molecule is CCOC(=O)CC(c1c(-c2ccccc2)[nH]c2ccccc12)C(F)(F)F. The average Bonchev–Trinajstić information content (AvgIpc) is 2.99. The van der Waals surface area contributed by atoms with Gasteiger partial charge in [0.1, 0.15) is 0 Å². The molecule has 3 aromatic rings. The van der Waals surface area contributed by atoms with Crippen LogP contribution in [0.3, 0.4) is 0 Å². The van der Waals surface area contributed by atoms with Gasteiger partial charge in [-0.25, -0.2) is 0 Å². The fourth-order valence-corrected chi connectivity index (χ4v) is 3.13. The van der Waals surface area contributed by atoms with Gasteiger partial charge in [0.15, 0.2) is 0 Å². The molecule has 1 N–H and O–H groups in total. The number of nitrogens with one attached hydrogen (secondary N) is 1. The van der Waals surface area contributed by atoms with Crippen LogP contribution in [-0.2, 0) is 9.53 Å². The van der Waals surface area contributed by atoms with Crippen LogP contribution < -0.4 is 0 Å². The molecule has 0 aliphatic rings. The Morgan fingerprint density at radius 2 is 1.73 bits per heavy atom. The van der Waals surface area contributed by atoms with Crippen LogP contribution in [0, 0.1) is 0 Å². The lowest BCUT2D eigenvalue weighted by atomic mass is 9.90. The van der Waals surface area contributed by atoms with Gasteiger partial charge >= 0.3 is 12.1 Å². The summed E-state index contributed by atoms with van der Waals surface area (Å²) in [5.41, 5.74) is 1.68. The summed E-state index contributed by atoms with van der Waals surface area (Å²) in [4.78, 5) is 14.9. The molecule has 0 radical (unpaired) electrons. The number of alkyl halides is 3. The van der Waals surface area contributed by atoms with E-state index in [1.807, 2.05) is 0 Å². The summed E-state index contributed by atoms with van der Waals surface area (Å²) < 4.78 is 46.4. The lowest BCUT2D eigenvalue weighted by Crippen LogP contribution is -2.25. The summed E-state index contributed by atoms with van der Waals surface area (Å²) in [5.74, 6) is -2.81. The number of fused-ring (bicyclic) bond motifs is 1. The molecule has 0 aliphatic heterocycles. The van der Waals surface area contributed by atoms with Crippen molar-refractivity contribution in [3.63, 3.8) is 0 Å². The zero-order valence-corrected chi connectivity index (χ0v) is 14.1. The molecule has 1 atom stereocenters. The minimum Gasteiger partial charge on any atom is -0.466 e. The van der Waals surface area contributed by atoms with Crippen molar-refractivity contribution >= 4 is 16.9 Å². The minimum atomic E-state index is -4.58. The Morgan fingerprint density at radius 3 is 2.38 bits per heavy atom. The summed E-state index contributed by atoms with van der Waals surface area (Å²) in [6, 6.07) is 15.6. The number of rotatable bonds is 5. The number of carbonyl (C=O) groups is 1. The maximum atomic E-state index is 13.9. The van der Waals surface area contributed by atoms with Gasteiger partial charge in [-0.3, -0.25) is 4.79 Å². The Kier molecular flexibility index (Phi) is 5.02. The van der Waals surface area contributed by atoms with E-state index in [2.05, 4.69) is 4.98 Å². The zero-order valence-electron chi connectivity index (χ0n) is 14.1. The van der Waals surface area contributed by atoms with Crippen molar-refractivity contribution in [2.24, 2.45) is 0 Å². The van der Waals surface area contributed by atoms with E-state index in [1.54, 1.807) is 61.5 Å². The molecule has 1 heterocycles. The fourth-order valence-electron chi connectivity index (χ4n) is 3.13. The summed E-state index contributed by atoms with van der Waals surface area (Å²) in [5, 5.41) is 0.456. The number of hydrogen-bond acceptors (Lipinski definition) is 2. The van der Waals surface area contributed by atoms with E-state index in [1.165, 1.54) is 0 Å². The largest absolute Gasteiger partial charge is 0.466 e. The van der Waals surface area contributed by atoms with Crippen molar-refractivity contribution in [3.8, 4) is 11.3 Å². The van der Waals surface area contributed by atoms with Crippen LogP contribution in [0.5, 0.6) is 0 Å². The predicted molar refractivity (Wildman–Crippen MR) is 93.8 cm³/mol.